The molecule has 2 N–H and O–H groups in total. The van der Waals surface area contributed by atoms with Gasteiger partial charge in [-0.05, 0) is 83.6 Å². The van der Waals surface area contributed by atoms with Crippen molar-refractivity contribution in [2.45, 2.75) is 41.5 Å². The lowest BCUT2D eigenvalue weighted by Gasteiger charge is -2.17. The van der Waals surface area contributed by atoms with Gasteiger partial charge in [0.2, 0.25) is 11.8 Å². The highest BCUT2D eigenvalue weighted by Gasteiger charge is 2.22. The molecule has 0 bridgehead atoms. The average molecular weight is 511 g/mol. The predicted octanol–water partition coefficient (Wildman–Crippen LogP) is 8.39. The highest BCUT2D eigenvalue weighted by atomic mass is 16.5. The number of rotatable bonds is 6. The van der Waals surface area contributed by atoms with E-state index in [1.54, 1.807) is 0 Å². The molecule has 6 nitrogen and oxygen atoms in total. The van der Waals surface area contributed by atoms with E-state index in [9.17, 15) is 9.59 Å². The molecular weight excluding hydrogens is 476 g/mol. The Morgan fingerprint density at radius 3 is 1.18 bits per heavy atom. The molecule has 0 spiro atoms. The zero-order valence-corrected chi connectivity index (χ0v) is 22.7. The van der Waals surface area contributed by atoms with Crippen molar-refractivity contribution in [3.8, 4) is 23.0 Å². The van der Waals surface area contributed by atoms with Gasteiger partial charge in [-0.1, -0.05) is 53.7 Å². The summed E-state index contributed by atoms with van der Waals surface area (Å²) in [6, 6.07) is 26.4. The van der Waals surface area contributed by atoms with Crippen molar-refractivity contribution >= 4 is 34.0 Å². The van der Waals surface area contributed by atoms with Crippen LogP contribution in [0, 0.1) is 10.8 Å². The number of hydrogen-bond acceptors (Lipinski definition) is 4. The van der Waals surface area contributed by atoms with E-state index in [1.807, 2.05) is 126 Å². The van der Waals surface area contributed by atoms with Crippen LogP contribution in [0.4, 0.5) is 11.4 Å². The summed E-state index contributed by atoms with van der Waals surface area (Å²) in [7, 11) is 0. The minimum Gasteiger partial charge on any atom is -0.457 e. The molecule has 0 unspecified atom stereocenters. The minimum absolute atomic E-state index is 0.0398. The van der Waals surface area contributed by atoms with Crippen LogP contribution >= 0.6 is 0 Å². The fraction of sp³-hybridized carbons (Fsp3) is 0.250. The number of amides is 2. The maximum atomic E-state index is 12.2. The van der Waals surface area contributed by atoms with Gasteiger partial charge in [0.05, 0.1) is 0 Å². The molecule has 4 rings (SSSR count). The van der Waals surface area contributed by atoms with Gasteiger partial charge in [0.25, 0.3) is 0 Å². The number of nitrogens with one attached hydrogen (secondary N) is 2. The SMILES string of the molecule is CC(C)(C)C(=O)Nc1ccc(Oc2ccc3ccc(Oc4ccc(NC(=O)C(C)(C)C)cc4)cc3c2)cc1. The van der Waals surface area contributed by atoms with Gasteiger partial charge in [-0.15, -0.1) is 0 Å². The summed E-state index contributed by atoms with van der Waals surface area (Å²) in [5, 5.41) is 7.86. The molecule has 0 atom stereocenters. The Morgan fingerprint density at radius 1 is 0.500 bits per heavy atom. The topological polar surface area (TPSA) is 76.7 Å². The summed E-state index contributed by atoms with van der Waals surface area (Å²) in [6.07, 6.45) is 0. The molecule has 0 saturated carbocycles. The zero-order chi connectivity index (χ0) is 27.5. The number of anilines is 2. The molecule has 0 fully saturated rings. The lowest BCUT2D eigenvalue weighted by molar-refractivity contribution is -0.123. The van der Waals surface area contributed by atoms with Crippen LogP contribution < -0.4 is 20.1 Å². The van der Waals surface area contributed by atoms with Gasteiger partial charge in [-0.25, -0.2) is 0 Å². The van der Waals surface area contributed by atoms with E-state index in [0.717, 1.165) is 22.1 Å². The van der Waals surface area contributed by atoms with Crippen LogP contribution in [0.15, 0.2) is 84.9 Å². The average Bonchev–Trinajstić information content (AvgIpc) is 2.85. The molecule has 2 amide bonds. The molecule has 0 aromatic heterocycles. The number of fused-ring (bicyclic) bond motifs is 1. The fourth-order valence-electron chi connectivity index (χ4n) is 3.45. The summed E-state index contributed by atoms with van der Waals surface area (Å²) in [5.74, 6) is 2.65. The van der Waals surface area contributed by atoms with Gasteiger partial charge in [0, 0.05) is 22.2 Å². The van der Waals surface area contributed by atoms with E-state index < -0.39 is 10.8 Å². The van der Waals surface area contributed by atoms with Crippen LogP contribution in [-0.2, 0) is 9.59 Å². The van der Waals surface area contributed by atoms with E-state index in [4.69, 9.17) is 9.47 Å². The van der Waals surface area contributed by atoms with Crippen molar-refractivity contribution < 1.29 is 19.1 Å². The maximum Gasteiger partial charge on any atom is 0.229 e. The van der Waals surface area contributed by atoms with Crippen molar-refractivity contribution in [2.24, 2.45) is 10.8 Å². The quantitative estimate of drug-likeness (QED) is 0.273. The molecule has 0 aliphatic carbocycles. The molecule has 0 heterocycles. The van der Waals surface area contributed by atoms with Gasteiger partial charge in [-0.2, -0.15) is 0 Å². The smallest absolute Gasteiger partial charge is 0.229 e. The number of benzene rings is 4. The molecule has 0 saturated heterocycles. The number of ether oxygens (including phenoxy) is 2. The summed E-state index contributed by atoms with van der Waals surface area (Å²) >= 11 is 0. The Kier molecular flexibility index (Phi) is 7.44. The largest absolute Gasteiger partial charge is 0.457 e. The summed E-state index contributed by atoms with van der Waals surface area (Å²) in [5.41, 5.74) is 0.524. The Bertz CT molecular complexity index is 1340. The van der Waals surface area contributed by atoms with Gasteiger partial charge in [0.1, 0.15) is 23.0 Å². The number of carbonyl (C=O) groups excluding carboxylic acids is 2. The van der Waals surface area contributed by atoms with Gasteiger partial charge < -0.3 is 20.1 Å². The van der Waals surface area contributed by atoms with Crippen molar-refractivity contribution in [1.29, 1.82) is 0 Å². The van der Waals surface area contributed by atoms with Crippen molar-refractivity contribution in [2.75, 3.05) is 10.6 Å². The lowest BCUT2D eigenvalue weighted by atomic mass is 9.95. The van der Waals surface area contributed by atoms with E-state index in [0.29, 0.717) is 23.0 Å². The third-order valence-electron chi connectivity index (χ3n) is 5.84. The van der Waals surface area contributed by atoms with Crippen LogP contribution in [0.25, 0.3) is 10.8 Å². The summed E-state index contributed by atoms with van der Waals surface area (Å²) in [6.45, 7) is 11.3. The second-order valence-electron chi connectivity index (χ2n) is 11.3. The molecule has 38 heavy (non-hydrogen) atoms. The maximum absolute atomic E-state index is 12.2. The normalized spacial score (nSPS) is 11.6. The summed E-state index contributed by atoms with van der Waals surface area (Å²) < 4.78 is 12.1. The predicted molar refractivity (Wildman–Crippen MR) is 153 cm³/mol. The summed E-state index contributed by atoms with van der Waals surface area (Å²) in [4.78, 5) is 24.4. The molecule has 0 aliphatic rings. The van der Waals surface area contributed by atoms with E-state index in [1.165, 1.54) is 0 Å². The van der Waals surface area contributed by atoms with Crippen LogP contribution in [0.3, 0.4) is 0 Å². The van der Waals surface area contributed by atoms with E-state index >= 15 is 0 Å². The van der Waals surface area contributed by atoms with Crippen molar-refractivity contribution in [3.63, 3.8) is 0 Å². The Morgan fingerprint density at radius 2 is 0.842 bits per heavy atom. The Labute approximate surface area is 224 Å². The van der Waals surface area contributed by atoms with E-state index in [-0.39, 0.29) is 11.8 Å². The second-order valence-corrected chi connectivity index (χ2v) is 11.3. The van der Waals surface area contributed by atoms with Gasteiger partial charge in [-0.3, -0.25) is 9.59 Å². The zero-order valence-electron chi connectivity index (χ0n) is 22.7. The fourth-order valence-corrected chi connectivity index (χ4v) is 3.45. The molecule has 4 aromatic carbocycles. The Balaban J connectivity index is 1.43. The third kappa shape index (κ3) is 6.91. The molecular formula is C32H34N2O4. The van der Waals surface area contributed by atoms with Crippen molar-refractivity contribution in [3.05, 3.63) is 84.9 Å². The number of hydrogen-bond donors (Lipinski definition) is 2. The Hall–Kier alpha value is -4.32. The van der Waals surface area contributed by atoms with Crippen LogP contribution in [0.1, 0.15) is 41.5 Å². The molecule has 0 radical (unpaired) electrons. The van der Waals surface area contributed by atoms with Crippen molar-refractivity contribution in [1.82, 2.24) is 0 Å². The van der Waals surface area contributed by atoms with Crippen LogP contribution in [-0.4, -0.2) is 11.8 Å². The first-order valence-electron chi connectivity index (χ1n) is 12.6. The third-order valence-corrected chi connectivity index (χ3v) is 5.84. The first-order valence-corrected chi connectivity index (χ1v) is 12.6. The molecule has 4 aromatic rings. The highest BCUT2D eigenvalue weighted by Crippen LogP contribution is 2.31. The lowest BCUT2D eigenvalue weighted by Crippen LogP contribution is -2.27. The first kappa shape index (κ1) is 26.7. The standard InChI is InChI=1S/C32H34N2O4/c1-31(2,3)29(35)33-23-9-15-25(16-10-23)37-27-13-7-21-8-14-28(20-22(21)19-27)38-26-17-11-24(12-18-26)34-30(36)32(4,5)6/h7-20H,1-6H3,(H,33,35)(H,34,36). The van der Waals surface area contributed by atoms with Crippen LogP contribution in [0.2, 0.25) is 0 Å². The van der Waals surface area contributed by atoms with Gasteiger partial charge >= 0.3 is 0 Å². The minimum atomic E-state index is -0.462. The molecule has 0 aliphatic heterocycles. The number of carbonyl (C=O) groups is 2. The molecule has 6 heteroatoms. The van der Waals surface area contributed by atoms with E-state index in [2.05, 4.69) is 10.6 Å². The highest BCUT2D eigenvalue weighted by molar-refractivity contribution is 5.95. The van der Waals surface area contributed by atoms with Crippen LogP contribution in [0.5, 0.6) is 23.0 Å². The first-order chi connectivity index (χ1) is 17.9. The second kappa shape index (κ2) is 10.6. The van der Waals surface area contributed by atoms with Gasteiger partial charge in [0.15, 0.2) is 0 Å². The molecule has 196 valence electrons. The monoisotopic (exact) mass is 510 g/mol.